The maximum absolute atomic E-state index is 12.7. The molecule has 0 saturated heterocycles. The molecule has 1 N–H and O–H groups in total. The first-order chi connectivity index (χ1) is 10.1. The van der Waals surface area contributed by atoms with Crippen molar-refractivity contribution in [3.8, 4) is 0 Å². The van der Waals surface area contributed by atoms with Crippen LogP contribution in [0.15, 0.2) is 24.3 Å². The van der Waals surface area contributed by atoms with Gasteiger partial charge in [-0.15, -0.1) is 0 Å². The molecule has 0 atom stereocenters. The number of rotatable bonds is 2. The van der Waals surface area contributed by atoms with Crippen molar-refractivity contribution in [2.24, 2.45) is 0 Å². The Hall–Kier alpha value is -2.17. The lowest BCUT2D eigenvalue weighted by Gasteiger charge is -2.43. The fraction of sp³-hybridized carbons (Fsp3) is 0.438. The second-order valence-electron chi connectivity index (χ2n) is 5.77. The lowest BCUT2D eigenvalue weighted by molar-refractivity contribution is -0.158. The van der Waals surface area contributed by atoms with E-state index in [1.165, 1.54) is 0 Å². The Morgan fingerprint density at radius 2 is 1.76 bits per heavy atom. The maximum atomic E-state index is 12.7. The Bertz CT molecular complexity index is 616. The average molecular weight is 287 g/mol. The summed E-state index contributed by atoms with van der Waals surface area (Å²) in [5, 5.41) is 9.68. The van der Waals surface area contributed by atoms with Gasteiger partial charge in [0, 0.05) is 5.56 Å². The molecule has 1 aromatic rings. The molecule has 2 amide bonds. The van der Waals surface area contributed by atoms with E-state index in [0.717, 1.165) is 24.2 Å². The molecule has 0 spiro atoms. The number of carboxylic acids is 1. The number of amides is 2. The normalized spacial score (nSPS) is 21.0. The van der Waals surface area contributed by atoms with E-state index in [0.29, 0.717) is 24.0 Å². The molecule has 1 aliphatic heterocycles. The van der Waals surface area contributed by atoms with Gasteiger partial charge in [-0.25, -0.2) is 4.79 Å². The summed E-state index contributed by atoms with van der Waals surface area (Å²) in [4.78, 5) is 38.0. The molecule has 5 nitrogen and oxygen atoms in total. The third kappa shape index (κ3) is 2.04. The lowest BCUT2D eigenvalue weighted by atomic mass is 9.78. The Kier molecular flexibility index (Phi) is 3.27. The van der Waals surface area contributed by atoms with Crippen LogP contribution in [0.5, 0.6) is 0 Å². The van der Waals surface area contributed by atoms with Crippen molar-refractivity contribution >= 4 is 17.8 Å². The quantitative estimate of drug-likeness (QED) is 0.844. The summed E-state index contributed by atoms with van der Waals surface area (Å²) in [6, 6.07) is 6.92. The van der Waals surface area contributed by atoms with Gasteiger partial charge in [-0.05, 0) is 24.5 Å². The highest BCUT2D eigenvalue weighted by molar-refractivity contribution is 6.12. The average Bonchev–Trinajstić information content (AvgIpc) is 2.48. The number of imide groups is 1. The molecular formula is C16H17NO4. The van der Waals surface area contributed by atoms with Crippen molar-refractivity contribution in [1.82, 2.24) is 4.90 Å². The summed E-state index contributed by atoms with van der Waals surface area (Å²) in [5.74, 6) is -1.93. The highest BCUT2D eigenvalue weighted by Crippen LogP contribution is 2.37. The zero-order valence-electron chi connectivity index (χ0n) is 11.7. The van der Waals surface area contributed by atoms with Crippen LogP contribution in [0, 0.1) is 0 Å². The van der Waals surface area contributed by atoms with E-state index in [9.17, 15) is 19.5 Å². The molecule has 5 heteroatoms. The van der Waals surface area contributed by atoms with Crippen LogP contribution in [-0.2, 0) is 16.0 Å². The summed E-state index contributed by atoms with van der Waals surface area (Å²) in [6.07, 6.45) is 3.19. The number of hydrogen-bond acceptors (Lipinski definition) is 3. The zero-order chi connectivity index (χ0) is 15.0. The first-order valence-electron chi connectivity index (χ1n) is 7.25. The van der Waals surface area contributed by atoms with Crippen molar-refractivity contribution in [2.75, 3.05) is 0 Å². The zero-order valence-corrected chi connectivity index (χ0v) is 11.7. The molecule has 1 saturated carbocycles. The number of carbonyl (C=O) groups excluding carboxylic acids is 2. The Morgan fingerprint density at radius 3 is 2.43 bits per heavy atom. The predicted octanol–water partition coefficient (Wildman–Crippen LogP) is 2.00. The predicted molar refractivity (Wildman–Crippen MR) is 74.8 cm³/mol. The summed E-state index contributed by atoms with van der Waals surface area (Å²) < 4.78 is 0. The van der Waals surface area contributed by atoms with E-state index in [1.54, 1.807) is 24.3 Å². The lowest BCUT2D eigenvalue weighted by Crippen LogP contribution is -2.62. The van der Waals surface area contributed by atoms with E-state index < -0.39 is 23.3 Å². The van der Waals surface area contributed by atoms with Crippen molar-refractivity contribution < 1.29 is 19.5 Å². The first kappa shape index (κ1) is 13.8. The molecule has 2 aliphatic rings. The minimum atomic E-state index is -1.36. The van der Waals surface area contributed by atoms with Crippen LogP contribution in [0.3, 0.4) is 0 Å². The molecule has 1 heterocycles. The molecule has 1 aliphatic carbocycles. The number of aliphatic carboxylic acids is 1. The number of carboxylic acid groups (broad SMARTS) is 1. The minimum Gasteiger partial charge on any atom is -0.479 e. The Labute approximate surface area is 122 Å². The van der Waals surface area contributed by atoms with Crippen LogP contribution in [0.1, 0.15) is 48.0 Å². The molecule has 110 valence electrons. The molecule has 0 bridgehead atoms. The standard InChI is InChI=1S/C16H17NO4/c18-13-10-11-6-2-3-7-12(11)14(19)17(13)16(15(20)21)8-4-1-5-9-16/h2-3,6-7H,1,4-5,8-10H2,(H,20,21). The SMILES string of the molecule is O=C1Cc2ccccc2C(=O)N1C1(C(=O)O)CCCCC1. The van der Waals surface area contributed by atoms with Crippen molar-refractivity contribution in [3.63, 3.8) is 0 Å². The first-order valence-corrected chi connectivity index (χ1v) is 7.25. The van der Waals surface area contributed by atoms with E-state index in [2.05, 4.69) is 0 Å². The molecule has 0 aromatic heterocycles. The number of carbonyl (C=O) groups is 3. The van der Waals surface area contributed by atoms with Gasteiger partial charge in [-0.2, -0.15) is 0 Å². The number of benzene rings is 1. The van der Waals surface area contributed by atoms with Crippen molar-refractivity contribution in [3.05, 3.63) is 35.4 Å². The van der Waals surface area contributed by atoms with Crippen molar-refractivity contribution in [1.29, 1.82) is 0 Å². The van der Waals surface area contributed by atoms with E-state index in [4.69, 9.17) is 0 Å². The summed E-state index contributed by atoms with van der Waals surface area (Å²) in [6.45, 7) is 0. The van der Waals surface area contributed by atoms with E-state index >= 15 is 0 Å². The number of hydrogen-bond donors (Lipinski definition) is 1. The monoisotopic (exact) mass is 287 g/mol. The Morgan fingerprint density at radius 1 is 1.10 bits per heavy atom. The van der Waals surface area contributed by atoms with Gasteiger partial charge in [0.1, 0.15) is 5.54 Å². The van der Waals surface area contributed by atoms with Crippen LogP contribution in [0.2, 0.25) is 0 Å². The highest BCUT2D eigenvalue weighted by atomic mass is 16.4. The van der Waals surface area contributed by atoms with Gasteiger partial charge in [0.15, 0.2) is 0 Å². The second-order valence-corrected chi connectivity index (χ2v) is 5.77. The van der Waals surface area contributed by atoms with Gasteiger partial charge in [0.2, 0.25) is 5.91 Å². The van der Waals surface area contributed by atoms with Gasteiger partial charge in [-0.1, -0.05) is 37.5 Å². The number of nitrogens with zero attached hydrogens (tertiary/aromatic N) is 1. The fourth-order valence-electron chi connectivity index (χ4n) is 3.46. The summed E-state index contributed by atoms with van der Waals surface area (Å²) >= 11 is 0. The van der Waals surface area contributed by atoms with Crippen LogP contribution in [0.4, 0.5) is 0 Å². The third-order valence-corrected chi connectivity index (χ3v) is 4.55. The number of fused-ring (bicyclic) bond motifs is 1. The van der Waals surface area contributed by atoms with Crippen LogP contribution in [-0.4, -0.2) is 33.3 Å². The molecule has 1 fully saturated rings. The van der Waals surface area contributed by atoms with Crippen LogP contribution >= 0.6 is 0 Å². The molecular weight excluding hydrogens is 270 g/mol. The molecule has 21 heavy (non-hydrogen) atoms. The topological polar surface area (TPSA) is 74.7 Å². The fourth-order valence-corrected chi connectivity index (χ4v) is 3.46. The molecule has 0 radical (unpaired) electrons. The van der Waals surface area contributed by atoms with Crippen molar-refractivity contribution in [2.45, 2.75) is 44.1 Å². The van der Waals surface area contributed by atoms with Gasteiger partial charge < -0.3 is 5.11 Å². The molecule has 1 aromatic carbocycles. The highest BCUT2D eigenvalue weighted by Gasteiger charge is 2.51. The van der Waals surface area contributed by atoms with E-state index in [1.807, 2.05) is 0 Å². The van der Waals surface area contributed by atoms with Gasteiger partial charge in [0.05, 0.1) is 6.42 Å². The third-order valence-electron chi connectivity index (χ3n) is 4.55. The van der Waals surface area contributed by atoms with Gasteiger partial charge >= 0.3 is 5.97 Å². The van der Waals surface area contributed by atoms with Gasteiger partial charge in [-0.3, -0.25) is 14.5 Å². The minimum absolute atomic E-state index is 0.0942. The van der Waals surface area contributed by atoms with Gasteiger partial charge in [0.25, 0.3) is 5.91 Å². The van der Waals surface area contributed by atoms with E-state index in [-0.39, 0.29) is 6.42 Å². The smallest absolute Gasteiger partial charge is 0.330 e. The largest absolute Gasteiger partial charge is 0.479 e. The second kappa shape index (κ2) is 4.98. The summed E-state index contributed by atoms with van der Waals surface area (Å²) in [5.41, 5.74) is -0.233. The maximum Gasteiger partial charge on any atom is 0.330 e. The van der Waals surface area contributed by atoms with Crippen LogP contribution in [0.25, 0.3) is 0 Å². The molecule has 0 unspecified atom stereocenters. The Balaban J connectivity index is 2.07. The summed E-state index contributed by atoms with van der Waals surface area (Å²) in [7, 11) is 0. The molecule has 3 rings (SSSR count). The van der Waals surface area contributed by atoms with Crippen LogP contribution < -0.4 is 0 Å².